The van der Waals surface area contributed by atoms with Crippen molar-refractivity contribution < 1.29 is 18.0 Å². The smallest absolute Gasteiger partial charge is 0.264 e. The van der Waals surface area contributed by atoms with Gasteiger partial charge in [0.05, 0.1) is 5.52 Å². The van der Waals surface area contributed by atoms with Crippen LogP contribution in [0.2, 0.25) is 0 Å². The number of aromatic nitrogens is 2. The number of hydrogen-bond acceptors (Lipinski definition) is 6. The lowest BCUT2D eigenvalue weighted by atomic mass is 10.1. The summed E-state index contributed by atoms with van der Waals surface area (Å²) in [6.07, 6.45) is 4.71. The maximum absolute atomic E-state index is 13.0. The maximum atomic E-state index is 13.0. The lowest BCUT2D eigenvalue weighted by molar-refractivity contribution is 0.0535. The van der Waals surface area contributed by atoms with E-state index in [1.165, 1.54) is 6.07 Å². The zero-order valence-electron chi connectivity index (χ0n) is 19.2. The van der Waals surface area contributed by atoms with Gasteiger partial charge in [-0.05, 0) is 48.5 Å². The zero-order chi connectivity index (χ0) is 25.1. The van der Waals surface area contributed by atoms with Crippen LogP contribution in [0.3, 0.4) is 0 Å². The predicted molar refractivity (Wildman–Crippen MR) is 135 cm³/mol. The van der Waals surface area contributed by atoms with Gasteiger partial charge < -0.3 is 9.80 Å². The molecule has 0 unspecified atom stereocenters. The Balaban J connectivity index is 1.23. The van der Waals surface area contributed by atoms with Crippen LogP contribution in [-0.4, -0.2) is 66.2 Å². The molecule has 9 nitrogen and oxygen atoms in total. The highest BCUT2D eigenvalue weighted by atomic mass is 32.2. The summed E-state index contributed by atoms with van der Waals surface area (Å²) in [5.74, 6) is -0.249. The van der Waals surface area contributed by atoms with E-state index in [2.05, 4.69) is 14.7 Å². The van der Waals surface area contributed by atoms with Crippen molar-refractivity contribution in [2.75, 3.05) is 30.9 Å². The molecule has 0 spiro atoms. The van der Waals surface area contributed by atoms with Crippen molar-refractivity contribution in [1.82, 2.24) is 19.8 Å². The van der Waals surface area contributed by atoms with Gasteiger partial charge in [-0.15, -0.1) is 0 Å². The van der Waals surface area contributed by atoms with Crippen LogP contribution in [0, 0.1) is 0 Å². The normalized spacial score (nSPS) is 14.0. The molecule has 0 atom stereocenters. The van der Waals surface area contributed by atoms with E-state index in [0.29, 0.717) is 48.5 Å². The average Bonchev–Trinajstić information content (AvgIpc) is 2.93. The second-order valence-corrected chi connectivity index (χ2v) is 9.99. The van der Waals surface area contributed by atoms with Gasteiger partial charge in [0.2, 0.25) is 0 Å². The van der Waals surface area contributed by atoms with Crippen molar-refractivity contribution in [2.24, 2.45) is 0 Å². The molecule has 1 N–H and O–H groups in total. The van der Waals surface area contributed by atoms with Crippen LogP contribution in [0.5, 0.6) is 0 Å². The van der Waals surface area contributed by atoms with E-state index < -0.39 is 10.0 Å². The first-order valence-corrected chi connectivity index (χ1v) is 12.9. The molecule has 0 radical (unpaired) electrons. The van der Waals surface area contributed by atoms with E-state index >= 15 is 0 Å². The Morgan fingerprint density at radius 3 is 1.94 bits per heavy atom. The van der Waals surface area contributed by atoms with Gasteiger partial charge in [-0.2, -0.15) is 0 Å². The highest BCUT2D eigenvalue weighted by Crippen LogP contribution is 2.23. The molecule has 3 heterocycles. The van der Waals surface area contributed by atoms with Crippen LogP contribution >= 0.6 is 0 Å². The number of benzene rings is 2. The third kappa shape index (κ3) is 4.76. The highest BCUT2D eigenvalue weighted by Gasteiger charge is 2.26. The van der Waals surface area contributed by atoms with Crippen molar-refractivity contribution in [2.45, 2.75) is 4.90 Å². The Hall–Kier alpha value is -4.31. The molecule has 10 heteroatoms. The minimum absolute atomic E-state index is 0.0810. The van der Waals surface area contributed by atoms with Gasteiger partial charge in [0.1, 0.15) is 4.90 Å². The van der Waals surface area contributed by atoms with Gasteiger partial charge in [-0.1, -0.05) is 18.2 Å². The first-order chi connectivity index (χ1) is 17.4. The number of pyridine rings is 2. The SMILES string of the molecule is O=C(c1ccncc1)N1CCN(C(=O)c2ccc(NS(=O)(=O)c3cccc4cccnc34)cc2)CC1. The number of amides is 2. The molecule has 0 bridgehead atoms. The molecular weight excluding hydrogens is 478 g/mol. The van der Waals surface area contributed by atoms with Gasteiger partial charge in [-0.3, -0.25) is 24.3 Å². The van der Waals surface area contributed by atoms with Crippen LogP contribution in [0.15, 0.2) is 90.2 Å². The number of nitrogens with one attached hydrogen (secondary N) is 1. The van der Waals surface area contributed by atoms with E-state index in [9.17, 15) is 18.0 Å². The molecule has 2 aromatic heterocycles. The van der Waals surface area contributed by atoms with Crippen LogP contribution in [-0.2, 0) is 10.0 Å². The van der Waals surface area contributed by atoms with Crippen LogP contribution in [0.1, 0.15) is 20.7 Å². The number of carbonyl (C=O) groups excluding carboxylic acids is 2. The summed E-state index contributed by atoms with van der Waals surface area (Å²) in [4.78, 5) is 37.2. The Bertz CT molecular complexity index is 1510. The van der Waals surface area contributed by atoms with E-state index in [1.807, 2.05) is 0 Å². The fourth-order valence-corrected chi connectivity index (χ4v) is 5.40. The topological polar surface area (TPSA) is 113 Å². The Labute approximate surface area is 208 Å². The molecule has 2 amide bonds. The van der Waals surface area contributed by atoms with Gasteiger partial charge >= 0.3 is 0 Å². The fourth-order valence-electron chi connectivity index (χ4n) is 4.16. The Kier molecular flexibility index (Phi) is 6.34. The number of anilines is 1. The lowest BCUT2D eigenvalue weighted by Crippen LogP contribution is -2.50. The molecule has 1 aliphatic rings. The number of para-hydroxylation sites is 1. The molecule has 4 aromatic rings. The summed E-state index contributed by atoms with van der Waals surface area (Å²) in [7, 11) is -3.88. The number of nitrogens with zero attached hydrogens (tertiary/aromatic N) is 4. The molecule has 0 saturated carbocycles. The second kappa shape index (κ2) is 9.74. The number of hydrogen-bond donors (Lipinski definition) is 1. The summed E-state index contributed by atoms with van der Waals surface area (Å²) in [6, 6.07) is 18.2. The van der Waals surface area contributed by atoms with E-state index in [4.69, 9.17) is 0 Å². The van der Waals surface area contributed by atoms with Gasteiger partial charge in [0.15, 0.2) is 0 Å². The minimum Gasteiger partial charge on any atom is -0.335 e. The second-order valence-electron chi connectivity index (χ2n) is 8.33. The van der Waals surface area contributed by atoms with Crippen molar-refractivity contribution in [1.29, 1.82) is 0 Å². The van der Waals surface area contributed by atoms with E-state index in [0.717, 1.165) is 5.39 Å². The molecule has 182 valence electrons. The van der Waals surface area contributed by atoms with Crippen molar-refractivity contribution in [3.8, 4) is 0 Å². The fraction of sp³-hybridized carbons (Fsp3) is 0.154. The summed E-state index contributed by atoms with van der Waals surface area (Å²) in [6.45, 7) is 1.70. The largest absolute Gasteiger partial charge is 0.335 e. The number of carbonyl (C=O) groups is 2. The number of rotatable bonds is 5. The summed E-state index contributed by atoms with van der Waals surface area (Å²) in [5, 5.41) is 0.726. The molecular formula is C26H23N5O4S. The highest BCUT2D eigenvalue weighted by molar-refractivity contribution is 7.93. The summed E-state index contributed by atoms with van der Waals surface area (Å²) < 4.78 is 28.6. The summed E-state index contributed by atoms with van der Waals surface area (Å²) in [5.41, 5.74) is 1.74. The molecule has 1 saturated heterocycles. The molecule has 0 aliphatic carbocycles. The van der Waals surface area contributed by atoms with E-state index in [-0.39, 0.29) is 16.7 Å². The minimum atomic E-state index is -3.88. The monoisotopic (exact) mass is 501 g/mol. The lowest BCUT2D eigenvalue weighted by Gasteiger charge is -2.34. The number of piperazine rings is 1. The van der Waals surface area contributed by atoms with Crippen LogP contribution in [0.25, 0.3) is 10.9 Å². The van der Waals surface area contributed by atoms with Crippen molar-refractivity contribution in [3.63, 3.8) is 0 Å². The first kappa shape index (κ1) is 23.4. The maximum Gasteiger partial charge on any atom is 0.264 e. The van der Waals surface area contributed by atoms with Crippen LogP contribution < -0.4 is 4.72 Å². The molecule has 1 fully saturated rings. The Morgan fingerprint density at radius 2 is 1.31 bits per heavy atom. The molecule has 2 aromatic carbocycles. The third-order valence-corrected chi connectivity index (χ3v) is 7.46. The third-order valence-electron chi connectivity index (χ3n) is 6.05. The van der Waals surface area contributed by atoms with Crippen molar-refractivity contribution >= 4 is 38.4 Å². The van der Waals surface area contributed by atoms with Gasteiger partial charge in [0, 0.05) is 67.0 Å². The number of sulfonamides is 1. The quantitative estimate of drug-likeness (QED) is 0.450. The molecule has 1 aliphatic heterocycles. The van der Waals surface area contributed by atoms with Gasteiger partial charge in [-0.25, -0.2) is 8.42 Å². The number of fused-ring (bicyclic) bond motifs is 1. The predicted octanol–water partition coefficient (Wildman–Crippen LogP) is 3.03. The molecule has 5 rings (SSSR count). The van der Waals surface area contributed by atoms with E-state index in [1.54, 1.807) is 89.1 Å². The van der Waals surface area contributed by atoms with Crippen LogP contribution in [0.4, 0.5) is 5.69 Å². The zero-order valence-corrected chi connectivity index (χ0v) is 20.1. The molecule has 36 heavy (non-hydrogen) atoms. The Morgan fingerprint density at radius 1 is 0.722 bits per heavy atom. The average molecular weight is 502 g/mol. The standard InChI is InChI=1S/C26H23N5O4S/c32-25(30-15-17-31(18-16-30)26(33)21-10-13-27-14-11-21)20-6-8-22(9-7-20)29-36(34,35)23-5-1-3-19-4-2-12-28-24(19)23/h1-14,29H,15-18H2. The van der Waals surface area contributed by atoms with Gasteiger partial charge in [0.25, 0.3) is 21.8 Å². The van der Waals surface area contributed by atoms with Crippen molar-refractivity contribution in [3.05, 3.63) is 96.4 Å². The summed E-state index contributed by atoms with van der Waals surface area (Å²) >= 11 is 0. The first-order valence-electron chi connectivity index (χ1n) is 11.4.